The van der Waals surface area contributed by atoms with Crippen molar-refractivity contribution in [1.29, 1.82) is 0 Å². The molecule has 5 nitrogen and oxygen atoms in total. The summed E-state index contributed by atoms with van der Waals surface area (Å²) in [7, 11) is 0. The van der Waals surface area contributed by atoms with Crippen LogP contribution in [-0.2, 0) is 14.3 Å². The fourth-order valence-electron chi connectivity index (χ4n) is 1.05. The quantitative estimate of drug-likeness (QED) is 0.368. The molecule has 5 heteroatoms. The number of esters is 1. The summed E-state index contributed by atoms with van der Waals surface area (Å²) in [4.78, 5) is 22.5. The molecular weight excluding hydrogens is 224 g/mol. The third-order valence-corrected chi connectivity index (χ3v) is 2.16. The molecule has 0 saturated heterocycles. The van der Waals surface area contributed by atoms with Crippen LogP contribution in [0.3, 0.4) is 0 Å². The van der Waals surface area contributed by atoms with Gasteiger partial charge in [0, 0.05) is 6.08 Å². The molecule has 0 spiro atoms. The van der Waals surface area contributed by atoms with Gasteiger partial charge in [-0.15, -0.1) is 0 Å². The summed E-state index contributed by atoms with van der Waals surface area (Å²) in [5, 5.41) is 8.92. The summed E-state index contributed by atoms with van der Waals surface area (Å²) in [6.07, 6.45) is 2.85. The molecule has 1 rings (SSSR count). The minimum Gasteiger partial charge on any atom is -0.477 e. The van der Waals surface area contributed by atoms with Crippen LogP contribution in [0.2, 0.25) is 0 Å². The Labute approximate surface area is 98.7 Å². The van der Waals surface area contributed by atoms with E-state index < -0.39 is 17.5 Å². The molecule has 0 aromatic carbocycles. The van der Waals surface area contributed by atoms with Crippen molar-refractivity contribution in [1.82, 2.24) is 0 Å². The number of hydrogen-bond donors (Lipinski definition) is 1. The normalized spacial score (nSPS) is 13.2. The molecule has 1 atom stereocenters. The molecule has 0 amide bonds. The number of rotatable bonds is 5. The van der Waals surface area contributed by atoms with Crippen molar-refractivity contribution in [3.63, 3.8) is 0 Å². The van der Waals surface area contributed by atoms with Crippen LogP contribution in [0.5, 0.6) is 0 Å². The van der Waals surface area contributed by atoms with Gasteiger partial charge in [0.15, 0.2) is 0 Å². The Bertz CT molecular complexity index is 416. The average Bonchev–Trinajstić information content (AvgIpc) is 2.77. The van der Waals surface area contributed by atoms with E-state index in [0.717, 1.165) is 6.08 Å². The zero-order valence-corrected chi connectivity index (χ0v) is 9.67. The third kappa shape index (κ3) is 3.79. The molecular formula is C12H14O5. The van der Waals surface area contributed by atoms with Crippen molar-refractivity contribution >= 4 is 18.0 Å². The maximum Gasteiger partial charge on any atom is 0.345 e. The van der Waals surface area contributed by atoms with Gasteiger partial charge in [0.05, 0.1) is 12.4 Å². The Morgan fingerprint density at radius 1 is 1.59 bits per heavy atom. The van der Waals surface area contributed by atoms with Crippen molar-refractivity contribution in [3.8, 4) is 0 Å². The van der Waals surface area contributed by atoms with E-state index in [2.05, 4.69) is 0 Å². The van der Waals surface area contributed by atoms with E-state index in [1.807, 2.05) is 6.92 Å². The number of carbonyl (C=O) groups excluding carboxylic acids is 1. The molecule has 17 heavy (non-hydrogen) atoms. The van der Waals surface area contributed by atoms with Crippen LogP contribution in [0.1, 0.15) is 26.0 Å². The van der Waals surface area contributed by atoms with Crippen molar-refractivity contribution in [2.45, 2.75) is 26.4 Å². The zero-order chi connectivity index (χ0) is 12.8. The lowest BCUT2D eigenvalue weighted by Crippen LogP contribution is -2.20. The van der Waals surface area contributed by atoms with Gasteiger partial charge in [0.1, 0.15) is 11.3 Å². The predicted molar refractivity (Wildman–Crippen MR) is 60.2 cm³/mol. The van der Waals surface area contributed by atoms with Gasteiger partial charge >= 0.3 is 11.9 Å². The molecule has 0 aliphatic rings. The smallest absolute Gasteiger partial charge is 0.345 e. The van der Waals surface area contributed by atoms with E-state index in [9.17, 15) is 9.59 Å². The minimum atomic E-state index is -1.34. The predicted octanol–water partition coefficient (Wildman–Crippen LogP) is 2.09. The first kappa shape index (κ1) is 13.0. The molecule has 0 aliphatic heterocycles. The number of carboxylic acids is 1. The fourth-order valence-corrected chi connectivity index (χ4v) is 1.05. The van der Waals surface area contributed by atoms with Gasteiger partial charge in [-0.25, -0.2) is 9.59 Å². The maximum atomic E-state index is 11.6. The number of carbonyl (C=O) groups is 2. The van der Waals surface area contributed by atoms with Crippen LogP contribution in [0.4, 0.5) is 0 Å². The van der Waals surface area contributed by atoms with Crippen molar-refractivity contribution in [2.75, 3.05) is 0 Å². The molecule has 0 radical (unpaired) electrons. The van der Waals surface area contributed by atoms with Gasteiger partial charge in [0.25, 0.3) is 0 Å². The average molecular weight is 238 g/mol. The molecule has 0 fully saturated rings. The Kier molecular flexibility index (Phi) is 4.51. The molecule has 1 aromatic rings. The SMILES string of the molecule is CCC(C)OC(=O)C(=Cc1ccco1)C(=O)O. The molecule has 0 bridgehead atoms. The Morgan fingerprint density at radius 3 is 2.76 bits per heavy atom. The lowest BCUT2D eigenvalue weighted by atomic mass is 10.2. The molecule has 92 valence electrons. The molecule has 1 aromatic heterocycles. The van der Waals surface area contributed by atoms with Crippen LogP contribution in [0.15, 0.2) is 28.4 Å². The number of ether oxygens (including phenoxy) is 1. The standard InChI is InChI=1S/C12H14O5/c1-3-8(2)17-12(15)10(11(13)14)7-9-5-4-6-16-9/h4-8H,3H2,1-2H3,(H,13,14). The maximum absolute atomic E-state index is 11.6. The van der Waals surface area contributed by atoms with Crippen LogP contribution in [0.25, 0.3) is 6.08 Å². The zero-order valence-electron chi connectivity index (χ0n) is 9.67. The highest BCUT2D eigenvalue weighted by atomic mass is 16.5. The summed E-state index contributed by atoms with van der Waals surface area (Å²) < 4.78 is 9.89. The summed E-state index contributed by atoms with van der Waals surface area (Å²) >= 11 is 0. The highest BCUT2D eigenvalue weighted by Crippen LogP contribution is 2.11. The minimum absolute atomic E-state index is 0.295. The molecule has 1 heterocycles. The van der Waals surface area contributed by atoms with E-state index in [1.165, 1.54) is 6.26 Å². The summed E-state index contributed by atoms with van der Waals surface area (Å²) in [5.74, 6) is -1.90. The van der Waals surface area contributed by atoms with E-state index in [-0.39, 0.29) is 6.10 Å². The van der Waals surface area contributed by atoms with Crippen molar-refractivity contribution in [3.05, 3.63) is 29.7 Å². The number of furan rings is 1. The molecule has 1 unspecified atom stereocenters. The van der Waals surface area contributed by atoms with E-state index >= 15 is 0 Å². The molecule has 0 saturated carbocycles. The second-order valence-corrected chi connectivity index (χ2v) is 3.50. The second kappa shape index (κ2) is 5.89. The third-order valence-electron chi connectivity index (χ3n) is 2.16. The van der Waals surface area contributed by atoms with Gasteiger partial charge in [-0.1, -0.05) is 6.92 Å². The van der Waals surface area contributed by atoms with Crippen LogP contribution >= 0.6 is 0 Å². The first-order valence-electron chi connectivity index (χ1n) is 5.24. The number of carboxylic acid groups (broad SMARTS) is 1. The highest BCUT2D eigenvalue weighted by Gasteiger charge is 2.21. The largest absolute Gasteiger partial charge is 0.477 e. The van der Waals surface area contributed by atoms with Gasteiger partial charge in [-0.3, -0.25) is 0 Å². The van der Waals surface area contributed by atoms with Crippen LogP contribution in [0, 0.1) is 0 Å². The number of hydrogen-bond acceptors (Lipinski definition) is 4. The molecule has 0 aliphatic carbocycles. The monoisotopic (exact) mass is 238 g/mol. The Balaban J connectivity index is 2.87. The lowest BCUT2D eigenvalue weighted by Gasteiger charge is -2.10. The van der Waals surface area contributed by atoms with Crippen molar-refractivity contribution < 1.29 is 23.8 Å². The first-order chi connectivity index (χ1) is 8.04. The van der Waals surface area contributed by atoms with Crippen molar-refractivity contribution in [2.24, 2.45) is 0 Å². The number of aliphatic carboxylic acids is 1. The summed E-state index contributed by atoms with van der Waals surface area (Å²) in [5.41, 5.74) is -0.444. The first-order valence-corrected chi connectivity index (χ1v) is 5.24. The Morgan fingerprint density at radius 2 is 2.29 bits per heavy atom. The van der Waals surface area contributed by atoms with Crippen LogP contribution < -0.4 is 0 Å². The summed E-state index contributed by atoms with van der Waals surface area (Å²) in [6.45, 7) is 3.54. The highest BCUT2D eigenvalue weighted by molar-refractivity contribution is 6.16. The fraction of sp³-hybridized carbons (Fsp3) is 0.333. The van der Waals surface area contributed by atoms with Gasteiger partial charge in [-0.2, -0.15) is 0 Å². The topological polar surface area (TPSA) is 76.7 Å². The van der Waals surface area contributed by atoms with Gasteiger partial charge in [0.2, 0.25) is 0 Å². The van der Waals surface area contributed by atoms with E-state index in [4.69, 9.17) is 14.3 Å². The molecule has 1 N–H and O–H groups in total. The second-order valence-electron chi connectivity index (χ2n) is 3.50. The van der Waals surface area contributed by atoms with Gasteiger partial charge in [-0.05, 0) is 25.5 Å². The van der Waals surface area contributed by atoms with E-state index in [1.54, 1.807) is 19.1 Å². The summed E-state index contributed by atoms with van der Waals surface area (Å²) in [6, 6.07) is 3.16. The van der Waals surface area contributed by atoms with Crippen LogP contribution in [-0.4, -0.2) is 23.1 Å². The van der Waals surface area contributed by atoms with E-state index in [0.29, 0.717) is 12.2 Å². The van der Waals surface area contributed by atoms with Gasteiger partial charge < -0.3 is 14.3 Å². The lowest BCUT2D eigenvalue weighted by molar-refractivity contribution is -0.147. The Hall–Kier alpha value is -2.04.